The van der Waals surface area contributed by atoms with Gasteiger partial charge in [0.25, 0.3) is 0 Å². The summed E-state index contributed by atoms with van der Waals surface area (Å²) in [7, 11) is -3.60. The van der Waals surface area contributed by atoms with Crippen LogP contribution in [0, 0.1) is 0 Å². The minimum Gasteiger partial charge on any atom is -0.390 e. The topological polar surface area (TPSA) is 89.2 Å². The second-order valence-corrected chi connectivity index (χ2v) is 6.61. The number of sulfonamides is 1. The van der Waals surface area contributed by atoms with E-state index in [-0.39, 0.29) is 17.5 Å². The minimum atomic E-state index is -3.60. The molecule has 8 heteroatoms. The Morgan fingerprint density at radius 2 is 2.24 bits per heavy atom. The van der Waals surface area contributed by atoms with Crippen LogP contribution in [0.5, 0.6) is 0 Å². The number of imidazole rings is 1. The average Bonchev–Trinajstić information content (AvgIpc) is 3.06. The normalized spacial score (nSPS) is 13.5. The first-order valence-corrected chi connectivity index (χ1v) is 8.22. The van der Waals surface area contributed by atoms with Gasteiger partial charge in [-0.3, -0.25) is 0 Å². The summed E-state index contributed by atoms with van der Waals surface area (Å²) in [5.74, 6) is 0. The van der Waals surface area contributed by atoms with Gasteiger partial charge in [0.1, 0.15) is 0 Å². The van der Waals surface area contributed by atoms with E-state index in [4.69, 9.17) is 0 Å². The smallest absolute Gasteiger partial charge is 0.242 e. The molecule has 116 valence electrons. The Kier molecular flexibility index (Phi) is 4.81. The lowest BCUT2D eigenvalue weighted by Gasteiger charge is -2.13. The number of nitrogens with one attached hydrogen (secondary N) is 1. The molecule has 0 amide bonds. The van der Waals surface area contributed by atoms with E-state index in [1.54, 1.807) is 30.2 Å². The van der Waals surface area contributed by atoms with Gasteiger partial charge in [-0.2, -0.15) is 0 Å². The lowest BCUT2D eigenvalue weighted by Crippen LogP contribution is -2.35. The van der Waals surface area contributed by atoms with E-state index in [1.165, 1.54) is 12.3 Å². The Bertz CT molecular complexity index is 655. The third-order valence-corrected chi connectivity index (χ3v) is 4.73. The summed E-state index contributed by atoms with van der Waals surface area (Å²) in [4.78, 5) is 4.09. The van der Waals surface area contributed by atoms with Crippen molar-refractivity contribution in [3.8, 4) is 0 Å². The van der Waals surface area contributed by atoms with Crippen LogP contribution < -0.4 is 4.72 Å². The lowest BCUT2D eigenvalue weighted by molar-refractivity contribution is 0.271. The molecular formula is C13H20N4O3S. The first-order valence-electron chi connectivity index (χ1n) is 6.74. The van der Waals surface area contributed by atoms with Crippen LogP contribution in [0.15, 0.2) is 35.9 Å². The van der Waals surface area contributed by atoms with Gasteiger partial charge in [-0.05, 0) is 19.9 Å². The third kappa shape index (κ3) is 3.72. The molecule has 0 fully saturated rings. The van der Waals surface area contributed by atoms with Crippen molar-refractivity contribution in [2.45, 2.75) is 44.5 Å². The molecule has 2 rings (SSSR count). The maximum absolute atomic E-state index is 12.3. The van der Waals surface area contributed by atoms with Crippen molar-refractivity contribution >= 4 is 10.0 Å². The summed E-state index contributed by atoms with van der Waals surface area (Å²) >= 11 is 0. The molecule has 0 bridgehead atoms. The molecule has 0 aliphatic heterocycles. The largest absolute Gasteiger partial charge is 0.390 e. The second-order valence-electron chi connectivity index (χ2n) is 4.89. The zero-order chi connectivity index (χ0) is 15.5. The van der Waals surface area contributed by atoms with E-state index < -0.39 is 10.0 Å². The highest BCUT2D eigenvalue weighted by atomic mass is 32.2. The number of hydrogen-bond acceptors (Lipinski definition) is 4. The van der Waals surface area contributed by atoms with Crippen molar-refractivity contribution in [1.82, 2.24) is 18.8 Å². The fourth-order valence-electron chi connectivity index (χ4n) is 2.18. The summed E-state index contributed by atoms with van der Waals surface area (Å²) in [6.07, 6.45) is 6.61. The number of aromatic nitrogens is 3. The van der Waals surface area contributed by atoms with Crippen LogP contribution in [0.4, 0.5) is 0 Å². The monoisotopic (exact) mass is 312 g/mol. The maximum Gasteiger partial charge on any atom is 0.242 e. The first kappa shape index (κ1) is 15.7. The standard InChI is InChI=1S/C13H20N4O3S/c1-3-17-8-13(6-12(17)9-18)21(19,20)15-11(2)7-16-5-4-14-10-16/h4-6,8,10-11,15,18H,3,7,9H2,1-2H3. The van der Waals surface area contributed by atoms with Crippen LogP contribution in [0.3, 0.4) is 0 Å². The van der Waals surface area contributed by atoms with Crippen LogP contribution in [0.2, 0.25) is 0 Å². The fourth-order valence-corrected chi connectivity index (χ4v) is 3.48. The Balaban J connectivity index is 2.12. The third-order valence-electron chi connectivity index (χ3n) is 3.17. The summed E-state index contributed by atoms with van der Waals surface area (Å²) in [6.45, 7) is 4.61. The molecule has 2 heterocycles. The molecule has 2 aromatic heterocycles. The Labute approximate surface area is 124 Å². The molecule has 0 saturated heterocycles. The molecule has 0 radical (unpaired) electrons. The summed E-state index contributed by atoms with van der Waals surface area (Å²) in [6, 6.07) is 1.22. The molecule has 2 aromatic rings. The number of nitrogens with zero attached hydrogens (tertiary/aromatic N) is 3. The number of rotatable bonds is 7. The second kappa shape index (κ2) is 6.42. The van der Waals surface area contributed by atoms with E-state index in [1.807, 2.05) is 11.5 Å². The number of hydrogen-bond donors (Lipinski definition) is 2. The van der Waals surface area contributed by atoms with Crippen LogP contribution >= 0.6 is 0 Å². The molecule has 0 spiro atoms. The molecule has 0 aliphatic carbocycles. The maximum atomic E-state index is 12.3. The predicted octanol–water partition coefficient (Wildman–Crippen LogP) is 0.564. The molecule has 1 unspecified atom stereocenters. The van der Waals surface area contributed by atoms with E-state index in [2.05, 4.69) is 9.71 Å². The Morgan fingerprint density at radius 3 is 2.76 bits per heavy atom. The Morgan fingerprint density at radius 1 is 1.48 bits per heavy atom. The highest BCUT2D eigenvalue weighted by Crippen LogP contribution is 2.15. The van der Waals surface area contributed by atoms with Crippen LogP contribution in [-0.4, -0.2) is 33.7 Å². The van der Waals surface area contributed by atoms with Crippen molar-refractivity contribution in [3.05, 3.63) is 36.7 Å². The van der Waals surface area contributed by atoms with Gasteiger partial charge in [0, 0.05) is 43.4 Å². The van der Waals surface area contributed by atoms with Gasteiger partial charge in [-0.15, -0.1) is 0 Å². The molecule has 0 saturated carbocycles. The van der Waals surface area contributed by atoms with Crippen molar-refractivity contribution in [3.63, 3.8) is 0 Å². The first-order chi connectivity index (χ1) is 9.96. The zero-order valence-electron chi connectivity index (χ0n) is 12.1. The number of aryl methyl sites for hydroxylation is 1. The molecule has 21 heavy (non-hydrogen) atoms. The predicted molar refractivity (Wildman–Crippen MR) is 78.0 cm³/mol. The highest BCUT2D eigenvalue weighted by Gasteiger charge is 2.20. The van der Waals surface area contributed by atoms with Gasteiger partial charge in [0.15, 0.2) is 0 Å². The van der Waals surface area contributed by atoms with Crippen molar-refractivity contribution in [2.75, 3.05) is 0 Å². The van der Waals surface area contributed by atoms with Gasteiger partial charge in [-0.1, -0.05) is 0 Å². The van der Waals surface area contributed by atoms with Crippen molar-refractivity contribution < 1.29 is 13.5 Å². The summed E-state index contributed by atoms with van der Waals surface area (Å²) in [5.41, 5.74) is 0.583. The van der Waals surface area contributed by atoms with Gasteiger partial charge in [0.2, 0.25) is 10.0 Å². The summed E-state index contributed by atoms with van der Waals surface area (Å²) < 4.78 is 30.8. The minimum absolute atomic E-state index is 0.172. The molecule has 1 atom stereocenters. The van der Waals surface area contributed by atoms with E-state index in [9.17, 15) is 13.5 Å². The number of aliphatic hydroxyl groups is 1. The van der Waals surface area contributed by atoms with E-state index in [0.717, 1.165) is 0 Å². The highest BCUT2D eigenvalue weighted by molar-refractivity contribution is 7.89. The van der Waals surface area contributed by atoms with Crippen LogP contribution in [-0.2, 0) is 29.7 Å². The van der Waals surface area contributed by atoms with E-state index in [0.29, 0.717) is 18.8 Å². The lowest BCUT2D eigenvalue weighted by atomic mass is 10.4. The Hall–Kier alpha value is -1.64. The van der Waals surface area contributed by atoms with Crippen molar-refractivity contribution in [1.29, 1.82) is 0 Å². The zero-order valence-corrected chi connectivity index (χ0v) is 12.9. The van der Waals surface area contributed by atoms with Crippen molar-refractivity contribution in [2.24, 2.45) is 0 Å². The molecule has 0 aromatic carbocycles. The SMILES string of the molecule is CCn1cc(S(=O)(=O)NC(C)Cn2ccnc2)cc1CO. The van der Waals surface area contributed by atoms with Gasteiger partial charge in [-0.25, -0.2) is 18.1 Å². The van der Waals surface area contributed by atoms with Gasteiger partial charge >= 0.3 is 0 Å². The molecule has 7 nitrogen and oxygen atoms in total. The quantitative estimate of drug-likeness (QED) is 0.782. The van der Waals surface area contributed by atoms with Gasteiger partial charge < -0.3 is 14.2 Å². The molecular weight excluding hydrogens is 292 g/mol. The molecule has 0 aliphatic rings. The molecule has 2 N–H and O–H groups in total. The van der Waals surface area contributed by atoms with Crippen LogP contribution in [0.1, 0.15) is 19.5 Å². The van der Waals surface area contributed by atoms with Gasteiger partial charge in [0.05, 0.1) is 17.8 Å². The summed E-state index contributed by atoms with van der Waals surface area (Å²) in [5, 5.41) is 9.24. The fraction of sp³-hybridized carbons (Fsp3) is 0.462. The van der Waals surface area contributed by atoms with Crippen LogP contribution in [0.25, 0.3) is 0 Å². The number of aliphatic hydroxyl groups excluding tert-OH is 1. The average molecular weight is 312 g/mol. The van der Waals surface area contributed by atoms with E-state index >= 15 is 0 Å².